The molecule has 0 aromatic carbocycles. The highest BCUT2D eigenvalue weighted by atomic mass is 35.5. The molecule has 1 amide bonds. The summed E-state index contributed by atoms with van der Waals surface area (Å²) in [4.78, 5) is 22.6. The van der Waals surface area contributed by atoms with Crippen LogP contribution in [-0.4, -0.2) is 40.0 Å². The molecule has 0 bridgehead atoms. The lowest BCUT2D eigenvalue weighted by Gasteiger charge is -2.15. The summed E-state index contributed by atoms with van der Waals surface area (Å²) in [6, 6.07) is 3.74. The summed E-state index contributed by atoms with van der Waals surface area (Å²) in [6.45, 7) is 1.16. The van der Waals surface area contributed by atoms with Crippen molar-refractivity contribution in [2.45, 2.75) is 12.5 Å². The molecule has 0 aliphatic carbocycles. The maximum absolute atomic E-state index is 12.3. The van der Waals surface area contributed by atoms with Gasteiger partial charge in [-0.15, -0.1) is 11.3 Å². The van der Waals surface area contributed by atoms with E-state index < -0.39 is 0 Å². The fourth-order valence-electron chi connectivity index (χ4n) is 2.10. The van der Waals surface area contributed by atoms with Gasteiger partial charge in [-0.1, -0.05) is 23.2 Å². The van der Waals surface area contributed by atoms with Crippen molar-refractivity contribution in [3.8, 4) is 6.01 Å². The van der Waals surface area contributed by atoms with E-state index >= 15 is 0 Å². The third kappa shape index (κ3) is 3.45. The first-order valence-electron chi connectivity index (χ1n) is 6.30. The molecule has 0 radical (unpaired) electrons. The molecule has 110 valence electrons. The van der Waals surface area contributed by atoms with Crippen LogP contribution in [0.1, 0.15) is 16.1 Å². The number of hydrogen-bond donors (Lipinski definition) is 0. The van der Waals surface area contributed by atoms with Crippen LogP contribution in [-0.2, 0) is 0 Å². The lowest BCUT2D eigenvalue weighted by molar-refractivity contribution is 0.0774. The molecule has 0 saturated carbocycles. The van der Waals surface area contributed by atoms with Crippen LogP contribution in [0.15, 0.2) is 24.5 Å². The minimum absolute atomic E-state index is 0.0185. The fourth-order valence-corrected chi connectivity index (χ4v) is 3.21. The SMILES string of the molecule is O=C(c1ccc(Cl)s1)N1CCC(Oc2ncc(Cl)cn2)C1. The average Bonchev–Trinajstić information content (AvgIpc) is 3.10. The van der Waals surface area contributed by atoms with Crippen molar-refractivity contribution in [1.82, 2.24) is 14.9 Å². The van der Waals surface area contributed by atoms with E-state index in [1.807, 2.05) is 0 Å². The second kappa shape index (κ2) is 6.17. The Kier molecular flexibility index (Phi) is 4.28. The van der Waals surface area contributed by atoms with Crippen molar-refractivity contribution in [3.05, 3.63) is 38.8 Å². The van der Waals surface area contributed by atoms with Crippen LogP contribution < -0.4 is 4.74 Å². The highest BCUT2D eigenvalue weighted by Crippen LogP contribution is 2.25. The Balaban J connectivity index is 1.60. The maximum atomic E-state index is 12.3. The molecule has 1 saturated heterocycles. The summed E-state index contributed by atoms with van der Waals surface area (Å²) < 4.78 is 6.27. The van der Waals surface area contributed by atoms with E-state index in [-0.39, 0.29) is 18.0 Å². The molecule has 1 unspecified atom stereocenters. The van der Waals surface area contributed by atoms with Crippen molar-refractivity contribution >= 4 is 40.4 Å². The number of carbonyl (C=O) groups excluding carboxylic acids is 1. The number of nitrogens with zero attached hydrogens (tertiary/aromatic N) is 3. The van der Waals surface area contributed by atoms with Gasteiger partial charge in [0.05, 0.1) is 33.2 Å². The van der Waals surface area contributed by atoms with Crippen molar-refractivity contribution < 1.29 is 9.53 Å². The molecule has 1 fully saturated rings. The minimum atomic E-state index is -0.106. The molecule has 8 heteroatoms. The molecule has 3 rings (SSSR count). The van der Waals surface area contributed by atoms with Crippen molar-refractivity contribution in [3.63, 3.8) is 0 Å². The van der Waals surface area contributed by atoms with Crippen LogP contribution in [0.2, 0.25) is 9.36 Å². The third-order valence-electron chi connectivity index (χ3n) is 3.08. The number of ether oxygens (including phenoxy) is 1. The summed E-state index contributed by atoms with van der Waals surface area (Å²) in [5, 5.41) is 0.458. The number of amides is 1. The van der Waals surface area contributed by atoms with Crippen LogP contribution >= 0.6 is 34.5 Å². The Labute approximate surface area is 135 Å². The lowest BCUT2D eigenvalue weighted by Crippen LogP contribution is -2.30. The first-order valence-corrected chi connectivity index (χ1v) is 7.88. The molecule has 1 aliphatic heterocycles. The van der Waals surface area contributed by atoms with Crippen LogP contribution in [0.4, 0.5) is 0 Å². The van der Waals surface area contributed by atoms with E-state index in [0.717, 1.165) is 6.42 Å². The van der Waals surface area contributed by atoms with Gasteiger partial charge in [0.1, 0.15) is 6.10 Å². The number of likely N-dealkylation sites (tertiary alicyclic amines) is 1. The zero-order valence-corrected chi connectivity index (χ0v) is 13.2. The van der Waals surface area contributed by atoms with E-state index in [0.29, 0.717) is 27.3 Å². The molecule has 2 aromatic rings. The van der Waals surface area contributed by atoms with Crippen LogP contribution in [0.25, 0.3) is 0 Å². The minimum Gasteiger partial charge on any atom is -0.458 e. The summed E-state index contributed by atoms with van der Waals surface area (Å²) in [7, 11) is 0. The Morgan fingerprint density at radius 1 is 1.33 bits per heavy atom. The smallest absolute Gasteiger partial charge is 0.316 e. The van der Waals surface area contributed by atoms with E-state index in [1.165, 1.54) is 23.7 Å². The Hall–Kier alpha value is -1.37. The lowest BCUT2D eigenvalue weighted by atomic mass is 10.3. The first kappa shape index (κ1) is 14.6. The molecule has 3 heterocycles. The molecule has 2 aromatic heterocycles. The summed E-state index contributed by atoms with van der Waals surface area (Å²) >= 11 is 12.9. The second-order valence-electron chi connectivity index (χ2n) is 4.57. The van der Waals surface area contributed by atoms with Gasteiger partial charge in [0.25, 0.3) is 5.91 Å². The zero-order chi connectivity index (χ0) is 14.8. The topological polar surface area (TPSA) is 55.3 Å². The molecule has 21 heavy (non-hydrogen) atoms. The van der Waals surface area contributed by atoms with Crippen molar-refractivity contribution in [2.75, 3.05) is 13.1 Å². The van der Waals surface area contributed by atoms with Gasteiger partial charge < -0.3 is 9.64 Å². The molecule has 5 nitrogen and oxygen atoms in total. The summed E-state index contributed by atoms with van der Waals surface area (Å²) in [5.74, 6) is -0.0185. The highest BCUT2D eigenvalue weighted by molar-refractivity contribution is 7.17. The van der Waals surface area contributed by atoms with E-state index in [9.17, 15) is 4.79 Å². The zero-order valence-electron chi connectivity index (χ0n) is 10.8. The number of thiophene rings is 1. The van der Waals surface area contributed by atoms with E-state index in [1.54, 1.807) is 17.0 Å². The van der Waals surface area contributed by atoms with E-state index in [2.05, 4.69) is 9.97 Å². The standard InChI is InChI=1S/C13H11Cl2N3O2S/c14-8-5-16-13(17-6-8)20-9-3-4-18(7-9)12(19)10-1-2-11(15)21-10/h1-2,5-6,9H,3-4,7H2. The predicted molar refractivity (Wildman–Crippen MR) is 81.3 cm³/mol. The molecule has 0 spiro atoms. The van der Waals surface area contributed by atoms with Gasteiger partial charge in [0.15, 0.2) is 0 Å². The summed E-state index contributed by atoms with van der Waals surface area (Å²) in [5.41, 5.74) is 0. The fraction of sp³-hybridized carbons (Fsp3) is 0.308. The van der Waals surface area contributed by atoms with Crippen LogP contribution in [0, 0.1) is 0 Å². The Morgan fingerprint density at radius 3 is 2.76 bits per heavy atom. The molecule has 1 atom stereocenters. The van der Waals surface area contributed by atoms with E-state index in [4.69, 9.17) is 27.9 Å². The highest BCUT2D eigenvalue weighted by Gasteiger charge is 2.29. The molecule has 1 aliphatic rings. The van der Waals surface area contributed by atoms with Gasteiger partial charge in [-0.25, -0.2) is 9.97 Å². The van der Waals surface area contributed by atoms with Gasteiger partial charge in [-0.3, -0.25) is 4.79 Å². The van der Waals surface area contributed by atoms with Gasteiger partial charge in [0, 0.05) is 13.0 Å². The van der Waals surface area contributed by atoms with Gasteiger partial charge in [0.2, 0.25) is 0 Å². The quantitative estimate of drug-likeness (QED) is 0.858. The largest absolute Gasteiger partial charge is 0.458 e. The molecular formula is C13H11Cl2N3O2S. The Morgan fingerprint density at radius 2 is 2.10 bits per heavy atom. The normalized spacial score (nSPS) is 18.0. The van der Waals surface area contributed by atoms with Crippen LogP contribution in [0.3, 0.4) is 0 Å². The third-order valence-corrected chi connectivity index (χ3v) is 4.50. The monoisotopic (exact) mass is 343 g/mol. The Bertz CT molecular complexity index is 647. The average molecular weight is 344 g/mol. The van der Waals surface area contributed by atoms with Gasteiger partial charge >= 0.3 is 6.01 Å². The molecule has 0 N–H and O–H groups in total. The van der Waals surface area contributed by atoms with Gasteiger partial charge in [-0.2, -0.15) is 0 Å². The molecular weight excluding hydrogens is 333 g/mol. The number of halogens is 2. The van der Waals surface area contributed by atoms with Gasteiger partial charge in [-0.05, 0) is 12.1 Å². The maximum Gasteiger partial charge on any atom is 0.316 e. The first-order chi connectivity index (χ1) is 10.1. The number of carbonyl (C=O) groups is 1. The van der Waals surface area contributed by atoms with Crippen molar-refractivity contribution in [2.24, 2.45) is 0 Å². The number of rotatable bonds is 3. The second-order valence-corrected chi connectivity index (χ2v) is 6.72. The number of hydrogen-bond acceptors (Lipinski definition) is 5. The van der Waals surface area contributed by atoms with Crippen LogP contribution in [0.5, 0.6) is 6.01 Å². The van der Waals surface area contributed by atoms with Crippen molar-refractivity contribution in [1.29, 1.82) is 0 Å². The predicted octanol–water partition coefficient (Wildman–Crippen LogP) is 3.14. The number of aromatic nitrogens is 2. The summed E-state index contributed by atoms with van der Waals surface area (Å²) in [6.07, 6.45) is 3.60.